The molecule has 2 rings (SSSR count). The lowest BCUT2D eigenvalue weighted by Gasteiger charge is -2.03. The second-order valence-corrected chi connectivity index (χ2v) is 5.58. The van der Waals surface area contributed by atoms with Gasteiger partial charge in [0, 0.05) is 12.8 Å². The van der Waals surface area contributed by atoms with Crippen molar-refractivity contribution in [2.75, 3.05) is 0 Å². The van der Waals surface area contributed by atoms with Crippen LogP contribution in [0.25, 0.3) is 0 Å². The molecule has 0 unspecified atom stereocenters. The SMILES string of the molecule is O=C(CCCc1ccc(O)cc1)CCCc1ccc(O)cc1. The summed E-state index contributed by atoms with van der Waals surface area (Å²) in [5.74, 6) is 0.848. The van der Waals surface area contributed by atoms with Crippen LogP contribution in [0.4, 0.5) is 0 Å². The zero-order valence-corrected chi connectivity index (χ0v) is 12.7. The molecule has 2 N–H and O–H groups in total. The molecule has 116 valence electrons. The molecule has 0 aliphatic heterocycles. The van der Waals surface area contributed by atoms with Crippen LogP contribution in [0.1, 0.15) is 36.8 Å². The normalized spacial score (nSPS) is 10.5. The number of ketones is 1. The number of phenols is 2. The average molecular weight is 298 g/mol. The summed E-state index contributed by atoms with van der Waals surface area (Å²) in [7, 11) is 0. The molecule has 0 saturated carbocycles. The van der Waals surface area contributed by atoms with Gasteiger partial charge in [0.2, 0.25) is 0 Å². The van der Waals surface area contributed by atoms with E-state index in [9.17, 15) is 15.0 Å². The molecule has 3 heteroatoms. The van der Waals surface area contributed by atoms with Crippen molar-refractivity contribution >= 4 is 5.78 Å². The molecule has 0 saturated heterocycles. The fraction of sp³-hybridized carbons (Fsp3) is 0.316. The Kier molecular flexibility index (Phi) is 6.01. The van der Waals surface area contributed by atoms with Crippen LogP contribution in [0.3, 0.4) is 0 Å². The Labute approximate surface area is 131 Å². The number of benzene rings is 2. The highest BCUT2D eigenvalue weighted by Crippen LogP contribution is 2.14. The Bertz CT molecular complexity index is 532. The fourth-order valence-corrected chi connectivity index (χ4v) is 2.43. The van der Waals surface area contributed by atoms with Crippen molar-refractivity contribution in [3.05, 3.63) is 59.7 Å². The van der Waals surface area contributed by atoms with Gasteiger partial charge in [0.15, 0.2) is 0 Å². The van der Waals surface area contributed by atoms with Gasteiger partial charge in [0.1, 0.15) is 17.3 Å². The number of hydrogen-bond acceptors (Lipinski definition) is 3. The Hall–Kier alpha value is -2.29. The summed E-state index contributed by atoms with van der Waals surface area (Å²) in [6.07, 6.45) is 4.65. The standard InChI is InChI=1S/C19H22O3/c20-17(5-1-3-15-7-11-18(21)12-8-15)6-2-4-16-9-13-19(22)14-10-16/h7-14,21-22H,1-6H2. The first-order valence-corrected chi connectivity index (χ1v) is 7.71. The maximum atomic E-state index is 11.9. The van der Waals surface area contributed by atoms with E-state index in [0.29, 0.717) is 18.6 Å². The first-order chi connectivity index (χ1) is 10.6. The Morgan fingerprint density at radius 3 is 1.41 bits per heavy atom. The van der Waals surface area contributed by atoms with Gasteiger partial charge in [-0.2, -0.15) is 0 Å². The molecule has 22 heavy (non-hydrogen) atoms. The quantitative estimate of drug-likeness (QED) is 0.774. The highest BCUT2D eigenvalue weighted by molar-refractivity contribution is 5.78. The number of hydrogen-bond donors (Lipinski definition) is 2. The van der Waals surface area contributed by atoms with Gasteiger partial charge in [-0.3, -0.25) is 4.79 Å². The number of rotatable bonds is 8. The number of aromatic hydroxyl groups is 2. The van der Waals surface area contributed by atoms with Crippen LogP contribution in [0.5, 0.6) is 11.5 Å². The molecule has 0 heterocycles. The number of carbonyl (C=O) groups is 1. The third-order valence-corrected chi connectivity index (χ3v) is 3.71. The van der Waals surface area contributed by atoms with E-state index in [1.165, 1.54) is 0 Å². The van der Waals surface area contributed by atoms with Crippen molar-refractivity contribution in [2.24, 2.45) is 0 Å². The van der Waals surface area contributed by atoms with E-state index >= 15 is 0 Å². The molecule has 0 fully saturated rings. The highest BCUT2D eigenvalue weighted by Gasteiger charge is 2.03. The zero-order chi connectivity index (χ0) is 15.8. The first kappa shape index (κ1) is 16.1. The molecule has 0 radical (unpaired) electrons. The van der Waals surface area contributed by atoms with Crippen molar-refractivity contribution in [3.8, 4) is 11.5 Å². The van der Waals surface area contributed by atoms with Crippen LogP contribution in [0.2, 0.25) is 0 Å². The van der Waals surface area contributed by atoms with Crippen LogP contribution in [-0.2, 0) is 17.6 Å². The minimum atomic E-state index is 0.272. The van der Waals surface area contributed by atoms with Gasteiger partial charge in [-0.15, -0.1) is 0 Å². The lowest BCUT2D eigenvalue weighted by atomic mass is 10.0. The van der Waals surface area contributed by atoms with E-state index in [1.54, 1.807) is 24.3 Å². The Morgan fingerprint density at radius 2 is 1.05 bits per heavy atom. The summed E-state index contributed by atoms with van der Waals surface area (Å²) in [4.78, 5) is 11.9. The van der Waals surface area contributed by atoms with E-state index in [4.69, 9.17) is 0 Å². The molecule has 0 spiro atoms. The predicted octanol–water partition coefficient (Wildman–Crippen LogP) is 4.01. The van der Waals surface area contributed by atoms with Crippen molar-refractivity contribution in [3.63, 3.8) is 0 Å². The van der Waals surface area contributed by atoms with Gasteiger partial charge in [-0.25, -0.2) is 0 Å². The van der Waals surface area contributed by atoms with Crippen LogP contribution in [0, 0.1) is 0 Å². The van der Waals surface area contributed by atoms with Crippen LogP contribution in [-0.4, -0.2) is 16.0 Å². The van der Waals surface area contributed by atoms with Gasteiger partial charge >= 0.3 is 0 Å². The number of phenolic OH excluding ortho intramolecular Hbond substituents is 2. The summed E-state index contributed by atoms with van der Waals surface area (Å²) < 4.78 is 0. The molecular weight excluding hydrogens is 276 g/mol. The van der Waals surface area contributed by atoms with E-state index in [2.05, 4.69) is 0 Å². The molecule has 2 aromatic rings. The summed E-state index contributed by atoms with van der Waals surface area (Å²) in [6, 6.07) is 14.3. The third-order valence-electron chi connectivity index (χ3n) is 3.71. The molecular formula is C19H22O3. The van der Waals surface area contributed by atoms with Gasteiger partial charge < -0.3 is 10.2 Å². The van der Waals surface area contributed by atoms with Gasteiger partial charge in [0.05, 0.1) is 0 Å². The van der Waals surface area contributed by atoms with Crippen molar-refractivity contribution in [1.29, 1.82) is 0 Å². The molecule has 0 amide bonds. The summed E-state index contributed by atoms with van der Waals surface area (Å²) in [5, 5.41) is 18.4. The van der Waals surface area contributed by atoms with Crippen molar-refractivity contribution in [1.82, 2.24) is 0 Å². The lowest BCUT2D eigenvalue weighted by Crippen LogP contribution is -2.00. The average Bonchev–Trinajstić information content (AvgIpc) is 2.51. The molecule has 0 bridgehead atoms. The zero-order valence-electron chi connectivity index (χ0n) is 12.7. The van der Waals surface area contributed by atoms with E-state index in [1.807, 2.05) is 24.3 Å². The molecule has 0 aromatic heterocycles. The number of aryl methyl sites for hydroxylation is 2. The summed E-state index contributed by atoms with van der Waals surface area (Å²) >= 11 is 0. The monoisotopic (exact) mass is 298 g/mol. The lowest BCUT2D eigenvalue weighted by molar-refractivity contribution is -0.119. The summed E-state index contributed by atoms with van der Waals surface area (Å²) in [5.41, 5.74) is 2.30. The van der Waals surface area contributed by atoms with Gasteiger partial charge in [0.25, 0.3) is 0 Å². The molecule has 3 nitrogen and oxygen atoms in total. The minimum absolute atomic E-state index is 0.272. The molecule has 0 atom stereocenters. The van der Waals surface area contributed by atoms with E-state index in [0.717, 1.165) is 36.8 Å². The fourth-order valence-electron chi connectivity index (χ4n) is 2.43. The summed E-state index contributed by atoms with van der Waals surface area (Å²) in [6.45, 7) is 0. The van der Waals surface area contributed by atoms with E-state index < -0.39 is 0 Å². The predicted molar refractivity (Wildman–Crippen MR) is 87.1 cm³/mol. The number of carbonyl (C=O) groups excluding carboxylic acids is 1. The second-order valence-electron chi connectivity index (χ2n) is 5.58. The smallest absolute Gasteiger partial charge is 0.132 e. The molecule has 2 aromatic carbocycles. The minimum Gasteiger partial charge on any atom is -0.508 e. The maximum absolute atomic E-state index is 11.9. The van der Waals surface area contributed by atoms with Crippen LogP contribution >= 0.6 is 0 Å². The van der Waals surface area contributed by atoms with Crippen LogP contribution in [0.15, 0.2) is 48.5 Å². The maximum Gasteiger partial charge on any atom is 0.132 e. The van der Waals surface area contributed by atoms with Crippen molar-refractivity contribution < 1.29 is 15.0 Å². The number of Topliss-reactive ketones (excluding diaryl/α,β-unsaturated/α-hetero) is 1. The van der Waals surface area contributed by atoms with Gasteiger partial charge in [-0.1, -0.05) is 24.3 Å². The van der Waals surface area contributed by atoms with E-state index in [-0.39, 0.29) is 11.5 Å². The van der Waals surface area contributed by atoms with Gasteiger partial charge in [-0.05, 0) is 61.1 Å². The topological polar surface area (TPSA) is 57.5 Å². The first-order valence-electron chi connectivity index (χ1n) is 7.71. The highest BCUT2D eigenvalue weighted by atomic mass is 16.3. The third kappa shape index (κ3) is 5.60. The van der Waals surface area contributed by atoms with Crippen LogP contribution < -0.4 is 0 Å². The molecule has 0 aliphatic carbocycles. The Morgan fingerprint density at radius 1 is 0.682 bits per heavy atom. The second kappa shape index (κ2) is 8.23. The Balaban J connectivity index is 1.61. The largest absolute Gasteiger partial charge is 0.508 e. The molecule has 0 aliphatic rings. The van der Waals surface area contributed by atoms with Crippen molar-refractivity contribution in [2.45, 2.75) is 38.5 Å².